The topological polar surface area (TPSA) is 86.8 Å². The minimum absolute atomic E-state index is 0.0614. The second-order valence-corrected chi connectivity index (χ2v) is 4.66. The summed E-state index contributed by atoms with van der Waals surface area (Å²) < 4.78 is 4.92. The molecule has 6 nitrogen and oxygen atoms in total. The Kier molecular flexibility index (Phi) is 6.88. The summed E-state index contributed by atoms with van der Waals surface area (Å²) in [5.74, 6) is -0.553. The zero-order chi connectivity index (χ0) is 14.1. The van der Waals surface area contributed by atoms with Gasteiger partial charge in [-0.15, -0.1) is 11.3 Å². The number of aromatic nitrogens is 1. The van der Waals surface area contributed by atoms with E-state index in [9.17, 15) is 4.79 Å². The zero-order valence-electron chi connectivity index (χ0n) is 11.2. The number of unbranched alkanes of at least 4 members (excludes halogenated alkanes) is 2. The minimum Gasteiger partial charge on any atom is -0.461 e. The van der Waals surface area contributed by atoms with Crippen molar-refractivity contribution in [1.82, 2.24) is 4.98 Å². The highest BCUT2D eigenvalue weighted by Gasteiger charge is 2.19. The predicted octanol–water partition coefficient (Wildman–Crippen LogP) is 2.20. The SMILES string of the molecule is CCCCCON=C(C(=O)OCC)c1csc(N)n1. The van der Waals surface area contributed by atoms with Gasteiger partial charge < -0.3 is 15.3 Å². The number of nitrogens with two attached hydrogens (primary N) is 1. The lowest BCUT2D eigenvalue weighted by Crippen LogP contribution is -2.20. The van der Waals surface area contributed by atoms with E-state index in [0.717, 1.165) is 19.3 Å². The van der Waals surface area contributed by atoms with Gasteiger partial charge in [-0.25, -0.2) is 9.78 Å². The standard InChI is InChI=1S/C12H19N3O3S/c1-3-5-6-7-18-15-10(11(16)17-4-2)9-8-19-12(13)14-9/h8H,3-7H2,1-2H3,(H2,13,14). The van der Waals surface area contributed by atoms with Crippen LogP contribution in [0.5, 0.6) is 0 Å². The van der Waals surface area contributed by atoms with Gasteiger partial charge in [0.2, 0.25) is 5.71 Å². The van der Waals surface area contributed by atoms with Crippen LogP contribution in [-0.2, 0) is 14.4 Å². The quantitative estimate of drug-likeness (QED) is 0.342. The molecule has 7 heteroatoms. The summed E-state index contributed by atoms with van der Waals surface area (Å²) in [5.41, 5.74) is 5.99. The van der Waals surface area contributed by atoms with Gasteiger partial charge in [-0.05, 0) is 13.3 Å². The van der Waals surface area contributed by atoms with E-state index < -0.39 is 5.97 Å². The Labute approximate surface area is 116 Å². The second-order valence-electron chi connectivity index (χ2n) is 3.77. The van der Waals surface area contributed by atoms with Crippen molar-refractivity contribution in [2.45, 2.75) is 33.1 Å². The zero-order valence-corrected chi connectivity index (χ0v) is 12.0. The summed E-state index contributed by atoms with van der Waals surface area (Å²) in [6, 6.07) is 0. The number of oxime groups is 1. The first-order valence-electron chi connectivity index (χ1n) is 6.27. The van der Waals surface area contributed by atoms with E-state index in [1.165, 1.54) is 11.3 Å². The first-order valence-corrected chi connectivity index (χ1v) is 7.15. The van der Waals surface area contributed by atoms with Crippen molar-refractivity contribution in [2.75, 3.05) is 18.9 Å². The van der Waals surface area contributed by atoms with Crippen LogP contribution in [0.15, 0.2) is 10.5 Å². The number of nitrogen functional groups attached to an aromatic ring is 1. The third-order valence-corrected chi connectivity index (χ3v) is 2.90. The first kappa shape index (κ1) is 15.4. The van der Waals surface area contributed by atoms with Gasteiger partial charge in [0.25, 0.3) is 0 Å². The van der Waals surface area contributed by atoms with E-state index >= 15 is 0 Å². The van der Waals surface area contributed by atoms with Crippen molar-refractivity contribution in [3.8, 4) is 0 Å². The largest absolute Gasteiger partial charge is 0.461 e. The van der Waals surface area contributed by atoms with Crippen LogP contribution in [0.3, 0.4) is 0 Å². The van der Waals surface area contributed by atoms with Crippen molar-refractivity contribution in [2.24, 2.45) is 5.16 Å². The Morgan fingerprint density at radius 1 is 1.47 bits per heavy atom. The fourth-order valence-corrected chi connectivity index (χ4v) is 1.86. The molecule has 0 aliphatic carbocycles. The first-order chi connectivity index (χ1) is 9.19. The lowest BCUT2D eigenvalue weighted by Gasteiger charge is -2.04. The third-order valence-electron chi connectivity index (χ3n) is 2.23. The summed E-state index contributed by atoms with van der Waals surface area (Å²) in [7, 11) is 0. The molecule has 19 heavy (non-hydrogen) atoms. The van der Waals surface area contributed by atoms with Gasteiger partial charge in [0.1, 0.15) is 12.3 Å². The number of hydrogen-bond acceptors (Lipinski definition) is 7. The fourth-order valence-electron chi connectivity index (χ4n) is 1.31. The van der Waals surface area contributed by atoms with Crippen LogP contribution >= 0.6 is 11.3 Å². The molecular formula is C12H19N3O3S. The average molecular weight is 285 g/mol. The molecule has 0 saturated carbocycles. The lowest BCUT2D eigenvalue weighted by molar-refractivity contribution is -0.135. The van der Waals surface area contributed by atoms with Crippen molar-refractivity contribution in [3.63, 3.8) is 0 Å². The van der Waals surface area contributed by atoms with Crippen molar-refractivity contribution in [3.05, 3.63) is 11.1 Å². The summed E-state index contributed by atoms with van der Waals surface area (Å²) >= 11 is 1.24. The molecule has 0 aliphatic rings. The maximum absolute atomic E-state index is 11.8. The van der Waals surface area contributed by atoms with E-state index in [0.29, 0.717) is 17.4 Å². The summed E-state index contributed by atoms with van der Waals surface area (Å²) in [6.07, 6.45) is 3.06. The Balaban J connectivity index is 2.69. The maximum atomic E-state index is 11.8. The van der Waals surface area contributed by atoms with Gasteiger partial charge in [0.15, 0.2) is 5.13 Å². The smallest absolute Gasteiger partial charge is 0.362 e. The van der Waals surface area contributed by atoms with Crippen molar-refractivity contribution in [1.29, 1.82) is 0 Å². The lowest BCUT2D eigenvalue weighted by atomic mass is 10.3. The molecule has 0 spiro atoms. The number of thiazole rings is 1. The molecule has 0 fully saturated rings. The number of nitrogens with zero attached hydrogens (tertiary/aromatic N) is 2. The van der Waals surface area contributed by atoms with Gasteiger partial charge in [-0.2, -0.15) is 0 Å². The van der Waals surface area contributed by atoms with Gasteiger partial charge in [-0.1, -0.05) is 24.9 Å². The molecular weight excluding hydrogens is 266 g/mol. The molecule has 106 valence electrons. The number of rotatable bonds is 8. The Morgan fingerprint density at radius 3 is 2.84 bits per heavy atom. The molecule has 0 aliphatic heterocycles. The summed E-state index contributed by atoms with van der Waals surface area (Å²) in [6.45, 7) is 4.57. The van der Waals surface area contributed by atoms with Crippen LogP contribution in [0, 0.1) is 0 Å². The van der Waals surface area contributed by atoms with Crippen LogP contribution < -0.4 is 5.73 Å². The third kappa shape index (κ3) is 5.25. The molecule has 0 radical (unpaired) electrons. The summed E-state index contributed by atoms with van der Waals surface area (Å²) in [5, 5.41) is 5.85. The van der Waals surface area contributed by atoms with E-state index in [2.05, 4.69) is 17.1 Å². The molecule has 1 rings (SSSR count). The number of carbonyl (C=O) groups excluding carboxylic acids is 1. The number of ether oxygens (including phenoxy) is 1. The van der Waals surface area contributed by atoms with Crippen LogP contribution in [-0.4, -0.2) is 29.9 Å². The Bertz CT molecular complexity index is 432. The number of carbonyl (C=O) groups is 1. The van der Waals surface area contributed by atoms with E-state index in [1.807, 2.05) is 0 Å². The molecule has 0 amide bonds. The van der Waals surface area contributed by atoms with E-state index in [4.69, 9.17) is 15.3 Å². The Morgan fingerprint density at radius 2 is 2.26 bits per heavy atom. The molecule has 1 aromatic rings. The highest BCUT2D eigenvalue weighted by molar-refractivity contribution is 7.13. The fraction of sp³-hybridized carbons (Fsp3) is 0.583. The molecule has 0 bridgehead atoms. The number of hydrogen-bond donors (Lipinski definition) is 1. The molecule has 0 atom stereocenters. The van der Waals surface area contributed by atoms with Crippen molar-refractivity contribution >= 4 is 28.1 Å². The second kappa shape index (κ2) is 8.47. The van der Waals surface area contributed by atoms with Gasteiger partial charge >= 0.3 is 5.97 Å². The molecule has 0 aromatic carbocycles. The van der Waals surface area contributed by atoms with Gasteiger partial charge in [0, 0.05) is 5.38 Å². The van der Waals surface area contributed by atoms with Gasteiger partial charge in [0.05, 0.1) is 6.61 Å². The summed E-state index contributed by atoms with van der Waals surface area (Å²) in [4.78, 5) is 20.9. The van der Waals surface area contributed by atoms with Crippen LogP contribution in [0.1, 0.15) is 38.8 Å². The van der Waals surface area contributed by atoms with Crippen molar-refractivity contribution < 1.29 is 14.4 Å². The predicted molar refractivity (Wildman–Crippen MR) is 75.2 cm³/mol. The molecule has 1 heterocycles. The van der Waals surface area contributed by atoms with E-state index in [1.54, 1.807) is 12.3 Å². The molecule has 1 aromatic heterocycles. The van der Waals surface area contributed by atoms with Gasteiger partial charge in [-0.3, -0.25) is 0 Å². The number of esters is 1. The van der Waals surface area contributed by atoms with E-state index in [-0.39, 0.29) is 12.3 Å². The molecule has 2 N–H and O–H groups in total. The van der Waals surface area contributed by atoms with Crippen LogP contribution in [0.2, 0.25) is 0 Å². The Hall–Kier alpha value is -1.63. The maximum Gasteiger partial charge on any atom is 0.362 e. The van der Waals surface area contributed by atoms with Crippen LogP contribution in [0.25, 0.3) is 0 Å². The highest BCUT2D eigenvalue weighted by atomic mass is 32.1. The molecule has 0 saturated heterocycles. The normalized spacial score (nSPS) is 11.4. The highest BCUT2D eigenvalue weighted by Crippen LogP contribution is 2.13. The molecule has 0 unspecified atom stereocenters. The minimum atomic E-state index is -0.553. The average Bonchev–Trinajstić information content (AvgIpc) is 2.80. The van der Waals surface area contributed by atoms with Crippen LogP contribution in [0.4, 0.5) is 5.13 Å². The monoisotopic (exact) mass is 285 g/mol. The number of anilines is 1.